The van der Waals surface area contributed by atoms with Crippen molar-refractivity contribution in [2.45, 2.75) is 25.8 Å². The van der Waals surface area contributed by atoms with Crippen molar-refractivity contribution >= 4 is 33.2 Å². The molecule has 0 aromatic carbocycles. The van der Waals surface area contributed by atoms with E-state index in [1.54, 1.807) is 0 Å². The summed E-state index contributed by atoms with van der Waals surface area (Å²) in [7, 11) is 0. The number of rotatable bonds is 5. The number of amides is 1. The van der Waals surface area contributed by atoms with Gasteiger partial charge < -0.3 is 11.1 Å². The van der Waals surface area contributed by atoms with Gasteiger partial charge in [-0.3, -0.25) is 4.79 Å². The van der Waals surface area contributed by atoms with Crippen molar-refractivity contribution in [2.24, 2.45) is 5.73 Å². The SMILES string of the molecule is CCCC(CN)NC(=O)c1ccc(Br)s1. The fourth-order valence-corrected chi connectivity index (χ4v) is 2.58. The Morgan fingerprint density at radius 2 is 2.40 bits per heavy atom. The first kappa shape index (κ1) is 12.7. The quantitative estimate of drug-likeness (QED) is 0.875. The van der Waals surface area contributed by atoms with E-state index < -0.39 is 0 Å². The van der Waals surface area contributed by atoms with Gasteiger partial charge in [-0.15, -0.1) is 11.3 Å². The first-order chi connectivity index (χ1) is 7.17. The summed E-state index contributed by atoms with van der Waals surface area (Å²) in [6.45, 7) is 2.57. The molecule has 1 heterocycles. The summed E-state index contributed by atoms with van der Waals surface area (Å²) < 4.78 is 0.965. The van der Waals surface area contributed by atoms with E-state index in [-0.39, 0.29) is 11.9 Å². The van der Waals surface area contributed by atoms with E-state index in [0.29, 0.717) is 6.54 Å². The molecule has 1 unspecified atom stereocenters. The van der Waals surface area contributed by atoms with Crippen LogP contribution in [-0.4, -0.2) is 18.5 Å². The van der Waals surface area contributed by atoms with Crippen molar-refractivity contribution in [1.82, 2.24) is 5.32 Å². The Morgan fingerprint density at radius 3 is 2.87 bits per heavy atom. The zero-order valence-electron chi connectivity index (χ0n) is 8.63. The van der Waals surface area contributed by atoms with Crippen molar-refractivity contribution in [1.29, 1.82) is 0 Å². The number of nitrogens with one attached hydrogen (secondary N) is 1. The van der Waals surface area contributed by atoms with Crippen molar-refractivity contribution in [2.75, 3.05) is 6.54 Å². The van der Waals surface area contributed by atoms with Crippen LogP contribution in [0.3, 0.4) is 0 Å². The lowest BCUT2D eigenvalue weighted by Crippen LogP contribution is -2.39. The molecule has 84 valence electrons. The van der Waals surface area contributed by atoms with Gasteiger partial charge in [-0.05, 0) is 34.5 Å². The lowest BCUT2D eigenvalue weighted by atomic mass is 10.1. The summed E-state index contributed by atoms with van der Waals surface area (Å²) >= 11 is 4.76. The minimum atomic E-state index is -0.0328. The van der Waals surface area contributed by atoms with E-state index in [9.17, 15) is 4.79 Å². The number of thiophene rings is 1. The minimum absolute atomic E-state index is 0.0328. The topological polar surface area (TPSA) is 55.1 Å². The molecule has 1 aromatic heterocycles. The molecule has 0 bridgehead atoms. The molecule has 0 radical (unpaired) electrons. The van der Waals surface area contributed by atoms with Gasteiger partial charge in [0.25, 0.3) is 5.91 Å². The summed E-state index contributed by atoms with van der Waals surface area (Å²) in [5.74, 6) is -0.0328. The highest BCUT2D eigenvalue weighted by Gasteiger charge is 2.12. The van der Waals surface area contributed by atoms with Crippen LogP contribution < -0.4 is 11.1 Å². The molecule has 0 saturated heterocycles. The van der Waals surface area contributed by atoms with Crippen molar-refractivity contribution in [3.63, 3.8) is 0 Å². The largest absolute Gasteiger partial charge is 0.347 e. The maximum atomic E-state index is 11.7. The summed E-state index contributed by atoms with van der Waals surface area (Å²) in [4.78, 5) is 12.4. The highest BCUT2D eigenvalue weighted by atomic mass is 79.9. The lowest BCUT2D eigenvalue weighted by molar-refractivity contribution is 0.0940. The van der Waals surface area contributed by atoms with Gasteiger partial charge in [0, 0.05) is 12.6 Å². The van der Waals surface area contributed by atoms with E-state index in [1.165, 1.54) is 11.3 Å². The third kappa shape index (κ3) is 3.93. The van der Waals surface area contributed by atoms with E-state index in [0.717, 1.165) is 21.5 Å². The van der Waals surface area contributed by atoms with E-state index >= 15 is 0 Å². The maximum Gasteiger partial charge on any atom is 0.261 e. The molecule has 5 heteroatoms. The standard InChI is InChI=1S/C10H15BrN2OS/c1-2-3-7(6-12)13-10(14)8-4-5-9(11)15-8/h4-5,7H,2-3,6,12H2,1H3,(H,13,14). The predicted octanol–water partition coefficient (Wildman–Crippen LogP) is 2.37. The van der Waals surface area contributed by atoms with Crippen LogP contribution in [0.5, 0.6) is 0 Å². The number of carbonyl (C=O) groups is 1. The number of halogens is 1. The zero-order valence-corrected chi connectivity index (χ0v) is 11.0. The van der Waals surface area contributed by atoms with E-state index in [2.05, 4.69) is 28.2 Å². The van der Waals surface area contributed by atoms with Crippen molar-refractivity contribution in [3.8, 4) is 0 Å². The third-order valence-electron chi connectivity index (χ3n) is 2.05. The van der Waals surface area contributed by atoms with Crippen LogP contribution in [0.1, 0.15) is 29.4 Å². The summed E-state index contributed by atoms with van der Waals surface area (Å²) in [5, 5.41) is 2.92. The molecule has 0 aliphatic carbocycles. The summed E-state index contributed by atoms with van der Waals surface area (Å²) in [6.07, 6.45) is 1.95. The molecule has 15 heavy (non-hydrogen) atoms. The van der Waals surface area contributed by atoms with Crippen LogP contribution in [0, 0.1) is 0 Å². The Balaban J connectivity index is 2.54. The molecule has 0 fully saturated rings. The second-order valence-corrected chi connectivity index (χ2v) is 5.76. The Labute approximate surface area is 102 Å². The molecule has 3 N–H and O–H groups in total. The molecular formula is C10H15BrN2OS. The van der Waals surface area contributed by atoms with Gasteiger partial charge in [-0.25, -0.2) is 0 Å². The molecule has 0 spiro atoms. The van der Waals surface area contributed by atoms with Crippen LogP contribution >= 0.6 is 27.3 Å². The Bertz CT molecular complexity index is 327. The number of hydrogen-bond acceptors (Lipinski definition) is 3. The average Bonchev–Trinajstić information content (AvgIpc) is 2.64. The first-order valence-corrected chi connectivity index (χ1v) is 6.54. The molecular weight excluding hydrogens is 276 g/mol. The molecule has 0 aliphatic heterocycles. The number of nitrogens with two attached hydrogens (primary N) is 1. The van der Waals surface area contributed by atoms with Gasteiger partial charge in [0.15, 0.2) is 0 Å². The summed E-state index contributed by atoms with van der Waals surface area (Å²) in [6, 6.07) is 3.77. The molecule has 0 saturated carbocycles. The van der Waals surface area contributed by atoms with Crippen LogP contribution in [0.25, 0.3) is 0 Å². The fraction of sp³-hybridized carbons (Fsp3) is 0.500. The van der Waals surface area contributed by atoms with Gasteiger partial charge >= 0.3 is 0 Å². The number of hydrogen-bond donors (Lipinski definition) is 2. The van der Waals surface area contributed by atoms with E-state index in [4.69, 9.17) is 5.73 Å². The van der Waals surface area contributed by atoms with Crippen molar-refractivity contribution < 1.29 is 4.79 Å². The van der Waals surface area contributed by atoms with Crippen molar-refractivity contribution in [3.05, 3.63) is 20.8 Å². The molecule has 1 atom stereocenters. The van der Waals surface area contributed by atoms with Crippen LogP contribution in [0.2, 0.25) is 0 Å². The molecule has 1 rings (SSSR count). The van der Waals surface area contributed by atoms with Crippen LogP contribution in [0.15, 0.2) is 15.9 Å². The van der Waals surface area contributed by atoms with Gasteiger partial charge in [0.2, 0.25) is 0 Å². The smallest absolute Gasteiger partial charge is 0.261 e. The van der Waals surface area contributed by atoms with Gasteiger partial charge in [0.05, 0.1) is 8.66 Å². The Morgan fingerprint density at radius 1 is 1.67 bits per heavy atom. The van der Waals surface area contributed by atoms with Gasteiger partial charge in [0.1, 0.15) is 0 Å². The Kier molecular flexibility index (Phi) is 5.28. The van der Waals surface area contributed by atoms with Crippen LogP contribution in [0.4, 0.5) is 0 Å². The van der Waals surface area contributed by atoms with Gasteiger partial charge in [-0.2, -0.15) is 0 Å². The van der Waals surface area contributed by atoms with E-state index in [1.807, 2.05) is 12.1 Å². The predicted molar refractivity (Wildman–Crippen MR) is 67.2 cm³/mol. The Hall–Kier alpha value is -0.390. The second-order valence-electron chi connectivity index (χ2n) is 3.30. The second kappa shape index (κ2) is 6.25. The molecule has 0 aliphatic rings. The molecule has 3 nitrogen and oxygen atoms in total. The third-order valence-corrected chi connectivity index (χ3v) is 3.68. The maximum absolute atomic E-state index is 11.7. The normalized spacial score (nSPS) is 12.5. The molecule has 1 aromatic rings. The average molecular weight is 291 g/mol. The first-order valence-electron chi connectivity index (χ1n) is 4.93. The van der Waals surface area contributed by atoms with Gasteiger partial charge in [-0.1, -0.05) is 13.3 Å². The minimum Gasteiger partial charge on any atom is -0.347 e. The highest BCUT2D eigenvalue weighted by Crippen LogP contribution is 2.21. The summed E-state index contributed by atoms with van der Waals surface area (Å²) in [5.41, 5.74) is 5.57. The molecule has 1 amide bonds. The zero-order chi connectivity index (χ0) is 11.3. The lowest BCUT2D eigenvalue weighted by Gasteiger charge is -2.14. The fourth-order valence-electron chi connectivity index (χ4n) is 1.29. The number of carbonyl (C=O) groups excluding carboxylic acids is 1. The van der Waals surface area contributed by atoms with Crippen LogP contribution in [-0.2, 0) is 0 Å². The monoisotopic (exact) mass is 290 g/mol. The highest BCUT2D eigenvalue weighted by molar-refractivity contribution is 9.11.